The minimum absolute atomic E-state index is 0.00477. The molecular weight excluding hydrogens is 362 g/mol. The van der Waals surface area contributed by atoms with E-state index >= 15 is 0 Å². The quantitative estimate of drug-likeness (QED) is 0.566. The van der Waals surface area contributed by atoms with Crippen molar-refractivity contribution in [3.8, 4) is 0 Å². The highest BCUT2D eigenvalue weighted by Crippen LogP contribution is 2.03. The van der Waals surface area contributed by atoms with Crippen LogP contribution in [0.15, 0.2) is 54.9 Å². The van der Waals surface area contributed by atoms with Gasteiger partial charge in [-0.3, -0.25) is 9.59 Å². The first-order valence-electron chi connectivity index (χ1n) is 8.90. The smallest absolute Gasteiger partial charge is 0.412 e. The predicted molar refractivity (Wildman–Crippen MR) is 100 cm³/mol. The van der Waals surface area contributed by atoms with E-state index in [4.69, 9.17) is 9.84 Å². The molecule has 2 aromatic rings. The lowest BCUT2D eigenvalue weighted by Gasteiger charge is -2.13. The average Bonchev–Trinajstić information content (AvgIpc) is 2.67. The van der Waals surface area contributed by atoms with Crippen LogP contribution in [-0.4, -0.2) is 35.7 Å². The number of carbonyl (C=O) groups is 3. The summed E-state index contributed by atoms with van der Waals surface area (Å²) < 4.78 is 6.78. The van der Waals surface area contributed by atoms with Crippen molar-refractivity contribution in [2.24, 2.45) is 0 Å². The number of alkyl carbamates (subject to hydrolysis) is 1. The van der Waals surface area contributed by atoms with Crippen LogP contribution in [0.25, 0.3) is 0 Å². The van der Waals surface area contributed by atoms with Gasteiger partial charge in [-0.25, -0.2) is 4.79 Å². The van der Waals surface area contributed by atoms with Gasteiger partial charge in [-0.05, 0) is 18.9 Å². The van der Waals surface area contributed by atoms with Crippen LogP contribution in [0.2, 0.25) is 0 Å². The van der Waals surface area contributed by atoms with E-state index < -0.39 is 12.1 Å². The number of aliphatic carboxylic acids is 1. The summed E-state index contributed by atoms with van der Waals surface area (Å²) in [6.45, 7) is 1.97. The highest BCUT2D eigenvalue weighted by Gasteiger charge is 2.12. The number of carbonyl (C=O) groups excluding carboxylic acids is 2. The Morgan fingerprint density at radius 1 is 1.11 bits per heavy atom. The molecule has 0 aliphatic carbocycles. The number of nitrogens with one attached hydrogen (secondary N) is 2. The Labute approximate surface area is 163 Å². The summed E-state index contributed by atoms with van der Waals surface area (Å²) in [5.41, 5.74) is 1.52. The van der Waals surface area contributed by atoms with Gasteiger partial charge < -0.3 is 20.5 Å². The number of benzene rings is 1. The molecule has 0 radical (unpaired) electrons. The van der Waals surface area contributed by atoms with Crippen LogP contribution >= 0.6 is 0 Å². The van der Waals surface area contributed by atoms with Crippen molar-refractivity contribution < 1.29 is 28.8 Å². The molecule has 0 bridgehead atoms. The molecule has 1 aromatic heterocycles. The van der Waals surface area contributed by atoms with E-state index in [-0.39, 0.29) is 31.6 Å². The average molecular weight is 386 g/mol. The van der Waals surface area contributed by atoms with Crippen molar-refractivity contribution in [3.05, 3.63) is 66.0 Å². The minimum Gasteiger partial charge on any atom is -0.481 e. The van der Waals surface area contributed by atoms with Crippen LogP contribution in [0.5, 0.6) is 0 Å². The number of carboxylic acid groups (broad SMARTS) is 1. The number of aromatic nitrogens is 1. The van der Waals surface area contributed by atoms with Gasteiger partial charge in [-0.2, -0.15) is 4.57 Å². The maximum Gasteiger partial charge on any atom is 0.412 e. The zero-order chi connectivity index (χ0) is 20.4. The first-order valence-corrected chi connectivity index (χ1v) is 8.90. The minimum atomic E-state index is -0.972. The molecule has 148 valence electrons. The largest absolute Gasteiger partial charge is 0.481 e. The molecule has 2 rings (SSSR count). The number of hydrogen-bond acceptors (Lipinski definition) is 4. The van der Waals surface area contributed by atoms with Crippen LogP contribution in [0.4, 0.5) is 4.79 Å². The van der Waals surface area contributed by atoms with E-state index in [2.05, 4.69) is 10.6 Å². The molecule has 0 aliphatic rings. The molecule has 0 spiro atoms. The van der Waals surface area contributed by atoms with Crippen molar-refractivity contribution in [2.75, 3.05) is 6.54 Å². The molecule has 0 unspecified atom stereocenters. The zero-order valence-electron chi connectivity index (χ0n) is 15.6. The van der Waals surface area contributed by atoms with E-state index in [1.54, 1.807) is 29.1 Å². The molecule has 0 fully saturated rings. The Kier molecular flexibility index (Phi) is 7.95. The van der Waals surface area contributed by atoms with Crippen molar-refractivity contribution in [1.29, 1.82) is 0 Å². The fourth-order valence-corrected chi connectivity index (χ4v) is 2.47. The molecule has 28 heavy (non-hydrogen) atoms. The van der Waals surface area contributed by atoms with Gasteiger partial charge in [0.05, 0.1) is 12.0 Å². The lowest BCUT2D eigenvalue weighted by Crippen LogP contribution is -2.40. The van der Waals surface area contributed by atoms with E-state index in [0.717, 1.165) is 5.56 Å². The third-order valence-corrected chi connectivity index (χ3v) is 3.87. The molecule has 8 heteroatoms. The van der Waals surface area contributed by atoms with Crippen LogP contribution in [0.1, 0.15) is 29.3 Å². The SMILES string of the molecule is C[C@@H](Cc1ccccc1)NC(=O)OC[n+]1ccc(C(=O)NCCC(=O)O)cc1. The molecule has 2 amide bonds. The first-order chi connectivity index (χ1) is 13.4. The molecule has 8 nitrogen and oxygen atoms in total. The van der Waals surface area contributed by atoms with Gasteiger partial charge in [0, 0.05) is 24.7 Å². The Balaban J connectivity index is 1.73. The van der Waals surface area contributed by atoms with Crippen molar-refractivity contribution in [2.45, 2.75) is 32.5 Å². The summed E-state index contributed by atoms with van der Waals surface area (Å²) >= 11 is 0. The molecular formula is C20H24N3O5+. The van der Waals surface area contributed by atoms with Crippen LogP contribution in [0.3, 0.4) is 0 Å². The van der Waals surface area contributed by atoms with E-state index in [1.807, 2.05) is 37.3 Å². The van der Waals surface area contributed by atoms with Gasteiger partial charge in [0.25, 0.3) is 12.6 Å². The summed E-state index contributed by atoms with van der Waals surface area (Å²) in [6.07, 6.45) is 3.25. The third kappa shape index (κ3) is 7.45. The van der Waals surface area contributed by atoms with Gasteiger partial charge in [0.15, 0.2) is 12.4 Å². The van der Waals surface area contributed by atoms with Crippen LogP contribution < -0.4 is 15.2 Å². The summed E-state index contributed by atoms with van der Waals surface area (Å²) in [5, 5.41) is 13.9. The Bertz CT molecular complexity index is 793. The molecule has 0 aliphatic heterocycles. The number of hydrogen-bond donors (Lipinski definition) is 3. The lowest BCUT2D eigenvalue weighted by atomic mass is 10.1. The fourth-order valence-electron chi connectivity index (χ4n) is 2.47. The Hall–Kier alpha value is -3.42. The topological polar surface area (TPSA) is 109 Å². The Morgan fingerprint density at radius 2 is 1.79 bits per heavy atom. The number of pyridine rings is 1. The van der Waals surface area contributed by atoms with Crippen molar-refractivity contribution in [3.63, 3.8) is 0 Å². The summed E-state index contributed by atoms with van der Waals surface area (Å²) in [7, 11) is 0. The van der Waals surface area contributed by atoms with Gasteiger partial charge >= 0.3 is 12.1 Å². The van der Waals surface area contributed by atoms with Gasteiger partial charge in [-0.1, -0.05) is 30.3 Å². The summed E-state index contributed by atoms with van der Waals surface area (Å²) in [4.78, 5) is 34.2. The van der Waals surface area contributed by atoms with Gasteiger partial charge in [-0.15, -0.1) is 0 Å². The van der Waals surface area contributed by atoms with Gasteiger partial charge in [0.1, 0.15) is 0 Å². The number of nitrogens with zero attached hydrogens (tertiary/aromatic N) is 1. The number of carboxylic acids is 1. The molecule has 1 heterocycles. The molecule has 1 aromatic carbocycles. The molecule has 0 saturated heterocycles. The Morgan fingerprint density at radius 3 is 2.43 bits per heavy atom. The third-order valence-electron chi connectivity index (χ3n) is 3.87. The van der Waals surface area contributed by atoms with Crippen molar-refractivity contribution in [1.82, 2.24) is 10.6 Å². The maximum absolute atomic E-state index is 11.9. The molecule has 0 saturated carbocycles. The van der Waals surface area contributed by atoms with E-state index in [9.17, 15) is 14.4 Å². The second-order valence-electron chi connectivity index (χ2n) is 6.30. The second kappa shape index (κ2) is 10.7. The number of rotatable bonds is 9. The monoisotopic (exact) mass is 386 g/mol. The highest BCUT2D eigenvalue weighted by molar-refractivity contribution is 5.94. The number of amides is 2. The predicted octanol–water partition coefficient (Wildman–Crippen LogP) is 1.49. The number of ether oxygens (including phenoxy) is 1. The fraction of sp³-hybridized carbons (Fsp3) is 0.300. The highest BCUT2D eigenvalue weighted by atomic mass is 16.6. The van der Waals surface area contributed by atoms with Crippen molar-refractivity contribution >= 4 is 18.0 Å². The standard InChI is InChI=1S/C20H23N3O5/c1-15(13-16-5-3-2-4-6-16)22-20(27)28-14-23-11-8-17(9-12-23)19(26)21-10-7-18(24)25/h2-6,8-9,11-12,15H,7,10,13-14H2,1H3,(H2-,21,22,24,25,26,27)/p+1/t15-/m0/s1. The molecule has 3 N–H and O–H groups in total. The maximum atomic E-state index is 11.9. The normalized spacial score (nSPS) is 11.3. The van der Waals surface area contributed by atoms with E-state index in [1.165, 1.54) is 0 Å². The van der Waals surface area contributed by atoms with Crippen LogP contribution in [0, 0.1) is 0 Å². The van der Waals surface area contributed by atoms with Crippen LogP contribution in [-0.2, 0) is 22.7 Å². The molecule has 1 atom stereocenters. The second-order valence-corrected chi connectivity index (χ2v) is 6.30. The van der Waals surface area contributed by atoms with Gasteiger partial charge in [0.2, 0.25) is 0 Å². The van der Waals surface area contributed by atoms with E-state index in [0.29, 0.717) is 12.0 Å². The lowest BCUT2D eigenvalue weighted by molar-refractivity contribution is -0.727. The summed E-state index contributed by atoms with van der Waals surface area (Å²) in [5.74, 6) is -1.33. The summed E-state index contributed by atoms with van der Waals surface area (Å²) in [6, 6.07) is 12.9. The zero-order valence-corrected chi connectivity index (χ0v) is 15.6. The first kappa shape index (κ1) is 20.9.